The second-order valence-electron chi connectivity index (χ2n) is 15.3. The molecule has 6 heterocycles. The molecule has 4 aromatic rings. The highest BCUT2D eigenvalue weighted by Crippen LogP contribution is 2.31. The lowest BCUT2D eigenvalue weighted by molar-refractivity contribution is -0.143. The van der Waals surface area contributed by atoms with Gasteiger partial charge in [0.15, 0.2) is 0 Å². The van der Waals surface area contributed by atoms with Gasteiger partial charge in [0, 0.05) is 59.8 Å². The summed E-state index contributed by atoms with van der Waals surface area (Å²) in [5, 5.41) is 34.3. The number of halogens is 1. The van der Waals surface area contributed by atoms with Gasteiger partial charge < -0.3 is 35.5 Å². The van der Waals surface area contributed by atoms with Crippen molar-refractivity contribution in [1.82, 2.24) is 34.6 Å². The maximum Gasteiger partial charge on any atom is 0.408 e. The number of imidazole rings is 1. The Morgan fingerprint density at radius 3 is 1.83 bits per heavy atom. The lowest BCUT2D eigenvalue weighted by Gasteiger charge is -2.37. The van der Waals surface area contributed by atoms with Crippen LogP contribution in [0.2, 0.25) is 18.7 Å². The third-order valence-corrected chi connectivity index (χ3v) is 10.9. The van der Waals surface area contributed by atoms with Crippen molar-refractivity contribution in [1.29, 1.82) is 0 Å². The molecular formula is C41H60B2ClN9O5. The summed E-state index contributed by atoms with van der Waals surface area (Å²) in [5.41, 5.74) is 6.43. The van der Waals surface area contributed by atoms with Gasteiger partial charge in [0.05, 0.1) is 17.0 Å². The Bertz CT molecular complexity index is 1990. The smallest absolute Gasteiger partial charge is 0.408 e. The number of rotatable bonds is 11. The van der Waals surface area contributed by atoms with Crippen LogP contribution >= 0.6 is 11.6 Å². The standard InChI is InChI=1S/C25H32BClN6O2.C13H20BN3O3.C3H4.2H2/c1-26(35)31-23-14-17(4-9-28-23)16-32-10-5-19(6-11-32)25(34)33-12-7-18(8-13-33)24-29-21-3-2-20(27)15-22(21)30-24;1-14(20)16-12-8-10(2-5-15-12)9-17-6-3-11(4-7-17)13(18)19;1-3-2;;/h2-4,9,14-15,18-19,35H,5-8,10-13,16H2,1H3,(H,28,31)(H,29,30);2,5,8,11,20H,3-4,6-7,9H2,1H3,(H,15,16)(H,18,19);1-2H2;2*1H/i;;;1+1D;1+1. The number of hydrogen-bond acceptors (Lipinski definition) is 11. The first-order valence-electron chi connectivity index (χ1n) is 21.1. The van der Waals surface area contributed by atoms with E-state index in [0.29, 0.717) is 41.3 Å². The van der Waals surface area contributed by atoms with Crippen LogP contribution in [-0.4, -0.2) is 115 Å². The van der Waals surface area contributed by atoms with Gasteiger partial charge in [-0.3, -0.25) is 19.4 Å². The second kappa shape index (κ2) is 21.9. The van der Waals surface area contributed by atoms with Crippen molar-refractivity contribution in [2.75, 3.05) is 49.7 Å². The number of aromatic amines is 1. The van der Waals surface area contributed by atoms with E-state index in [4.69, 9.17) is 24.7 Å². The minimum Gasteiger partial charge on any atom is -0.481 e. The Morgan fingerprint density at radius 2 is 1.34 bits per heavy atom. The predicted octanol–water partition coefficient (Wildman–Crippen LogP) is 6.10. The van der Waals surface area contributed by atoms with Crippen LogP contribution in [0.5, 0.6) is 0 Å². The number of benzene rings is 1. The number of H-pyrrole nitrogens is 1. The van der Waals surface area contributed by atoms with Crippen molar-refractivity contribution in [2.24, 2.45) is 11.8 Å². The molecule has 312 valence electrons. The van der Waals surface area contributed by atoms with Crippen molar-refractivity contribution < 1.29 is 29.1 Å². The highest BCUT2D eigenvalue weighted by molar-refractivity contribution is 6.53. The molecule has 3 aliphatic rings. The molecule has 0 unspecified atom stereocenters. The van der Waals surface area contributed by atoms with Gasteiger partial charge in [0.1, 0.15) is 17.5 Å². The van der Waals surface area contributed by atoms with Gasteiger partial charge in [-0.15, -0.1) is 5.73 Å². The molecule has 3 aromatic heterocycles. The number of likely N-dealkylation sites (tertiary alicyclic amines) is 3. The number of carbonyl (C=O) groups is 2. The summed E-state index contributed by atoms with van der Waals surface area (Å²) in [4.78, 5) is 47.4. The summed E-state index contributed by atoms with van der Waals surface area (Å²) in [7, 11) is -1.27. The number of aliphatic carboxylic acids is 1. The fraction of sp³-hybridized carbons (Fsp3) is 0.463. The highest BCUT2D eigenvalue weighted by atomic mass is 35.5. The number of amides is 1. The van der Waals surface area contributed by atoms with Gasteiger partial charge >= 0.3 is 20.1 Å². The highest BCUT2D eigenvalue weighted by Gasteiger charge is 2.32. The summed E-state index contributed by atoms with van der Waals surface area (Å²) in [6.45, 7) is 16.2. The first kappa shape index (κ1) is 42.9. The first-order valence-corrected chi connectivity index (χ1v) is 20.5. The van der Waals surface area contributed by atoms with Crippen molar-refractivity contribution in [2.45, 2.75) is 71.2 Å². The zero-order valence-corrected chi connectivity index (χ0v) is 34.4. The zero-order valence-electron chi connectivity index (χ0n) is 35.6. The number of nitrogens with zero attached hydrogens (tertiary/aromatic N) is 6. The average Bonchev–Trinajstić information content (AvgIpc) is 3.66. The summed E-state index contributed by atoms with van der Waals surface area (Å²) < 4.78 is 10.0. The molecule has 6 N–H and O–H groups in total. The van der Waals surface area contributed by atoms with E-state index in [1.165, 1.54) is 0 Å². The van der Waals surface area contributed by atoms with Crippen LogP contribution in [0, 0.1) is 11.8 Å². The molecule has 3 fully saturated rings. The number of anilines is 2. The number of nitrogens with one attached hydrogen (secondary N) is 3. The van der Waals surface area contributed by atoms with Crippen LogP contribution in [0.3, 0.4) is 0 Å². The summed E-state index contributed by atoms with van der Waals surface area (Å²) in [6.07, 6.45) is 8.55. The molecule has 3 aliphatic heterocycles. The molecule has 0 bridgehead atoms. The van der Waals surface area contributed by atoms with Crippen molar-refractivity contribution in [3.63, 3.8) is 0 Å². The minimum atomic E-state index is -0.683. The topological polar surface area (TPSA) is 183 Å². The second-order valence-corrected chi connectivity index (χ2v) is 15.7. The van der Waals surface area contributed by atoms with Gasteiger partial charge in [-0.25, -0.2) is 15.0 Å². The van der Waals surface area contributed by atoms with E-state index in [2.05, 4.69) is 59.0 Å². The van der Waals surface area contributed by atoms with Gasteiger partial charge in [-0.2, -0.15) is 0 Å². The molecule has 7 rings (SSSR count). The molecule has 0 atom stereocenters. The lowest BCUT2D eigenvalue weighted by Crippen LogP contribution is -2.45. The number of piperidine rings is 3. The minimum absolute atomic E-state index is 0. The predicted molar refractivity (Wildman–Crippen MR) is 236 cm³/mol. The molecule has 14 nitrogen and oxygen atoms in total. The molecular weight excluding hydrogens is 756 g/mol. The van der Waals surface area contributed by atoms with Crippen molar-refractivity contribution in [3.05, 3.63) is 95.7 Å². The van der Waals surface area contributed by atoms with E-state index in [1.807, 2.05) is 42.5 Å². The molecule has 0 radical (unpaired) electrons. The number of carboxylic acids is 1. The lowest BCUT2D eigenvalue weighted by atomic mass is 9.89. The maximum atomic E-state index is 13.2. The Hall–Kier alpha value is -4.69. The van der Waals surface area contributed by atoms with Crippen molar-refractivity contribution in [3.8, 4) is 0 Å². The van der Waals surface area contributed by atoms with Crippen LogP contribution in [-0.2, 0) is 22.7 Å². The third kappa shape index (κ3) is 13.4. The van der Waals surface area contributed by atoms with E-state index < -0.39 is 20.1 Å². The quantitative estimate of drug-likeness (QED) is 0.0757. The molecule has 0 spiro atoms. The number of aromatic nitrogens is 4. The Morgan fingerprint density at radius 1 is 0.845 bits per heavy atom. The van der Waals surface area contributed by atoms with Crippen LogP contribution in [0.4, 0.5) is 11.6 Å². The SMILES string of the molecule is C=C=C.CB(O)Nc1cc(CN2CCC(C(=O)N3CCC(c4nc5ccc(Cl)cc5[nH]4)CC3)CC2)ccn1.CB(O)Nc1cc(CN2CCC(C(=O)O)CC2)ccn1.[2HH].[2H][2H]. The van der Waals surface area contributed by atoms with E-state index >= 15 is 0 Å². The molecule has 1 amide bonds. The fourth-order valence-corrected chi connectivity index (χ4v) is 7.92. The van der Waals surface area contributed by atoms with Gasteiger partial charge in [0.25, 0.3) is 0 Å². The van der Waals surface area contributed by atoms with E-state index in [1.54, 1.807) is 26.0 Å². The summed E-state index contributed by atoms with van der Waals surface area (Å²) in [6, 6.07) is 13.6. The zero-order chi connectivity index (χ0) is 43.6. The number of fused-ring (bicyclic) bond motifs is 1. The summed E-state index contributed by atoms with van der Waals surface area (Å²) in [5.74, 6) is 2.22. The van der Waals surface area contributed by atoms with E-state index in [-0.39, 0.29) is 13.3 Å². The van der Waals surface area contributed by atoms with E-state index in [9.17, 15) is 19.6 Å². The van der Waals surface area contributed by atoms with Crippen molar-refractivity contribution >= 4 is 60.2 Å². The number of hydrogen-bond donors (Lipinski definition) is 6. The normalized spacial score (nSPS) is 17.1. The molecule has 0 aliphatic carbocycles. The van der Waals surface area contributed by atoms with Gasteiger partial charge in [-0.1, -0.05) is 24.8 Å². The molecule has 1 aromatic carbocycles. The first-order chi connectivity index (χ1) is 28.9. The maximum absolute atomic E-state index is 13.2. The monoisotopic (exact) mass is 818 g/mol. The van der Waals surface area contributed by atoms with Crippen LogP contribution in [0.15, 0.2) is 73.7 Å². The van der Waals surface area contributed by atoms with E-state index in [0.717, 1.165) is 106 Å². The molecule has 0 saturated carbocycles. The average molecular weight is 819 g/mol. The third-order valence-electron chi connectivity index (χ3n) is 10.7. The Labute approximate surface area is 351 Å². The number of carbonyl (C=O) groups excluding carboxylic acids is 1. The van der Waals surface area contributed by atoms with Gasteiger partial charge in [-0.05, 0) is 132 Å². The number of carboxylic acid groups (broad SMARTS) is 1. The fourth-order valence-electron chi connectivity index (χ4n) is 7.75. The number of pyridine rings is 2. The van der Waals surface area contributed by atoms with Gasteiger partial charge in [0.2, 0.25) is 5.91 Å². The van der Waals surface area contributed by atoms with Crippen LogP contribution in [0.1, 0.15) is 65.8 Å². The Balaban J connectivity index is 0.000000325. The van der Waals surface area contributed by atoms with Crippen LogP contribution in [0.25, 0.3) is 11.0 Å². The molecule has 17 heteroatoms. The molecule has 3 saturated heterocycles. The molecule has 58 heavy (non-hydrogen) atoms. The Kier molecular flexibility index (Phi) is 16.2. The van der Waals surface area contributed by atoms with Crippen LogP contribution < -0.4 is 10.5 Å². The largest absolute Gasteiger partial charge is 0.481 e. The summed E-state index contributed by atoms with van der Waals surface area (Å²) >= 11 is 6.11.